The van der Waals surface area contributed by atoms with Crippen LogP contribution in [-0.2, 0) is 11.2 Å². The molecule has 94 valence electrons. The lowest BCUT2D eigenvalue weighted by Crippen LogP contribution is -2.47. The van der Waals surface area contributed by atoms with E-state index in [1.807, 2.05) is 6.92 Å². The van der Waals surface area contributed by atoms with E-state index in [4.69, 9.17) is 11.6 Å². The maximum atomic E-state index is 13.5. The van der Waals surface area contributed by atoms with Crippen LogP contribution in [0.25, 0.3) is 0 Å². The molecule has 0 atom stereocenters. The van der Waals surface area contributed by atoms with Gasteiger partial charge in [0.1, 0.15) is 5.82 Å². The number of carbonyl (C=O) groups is 1. The van der Waals surface area contributed by atoms with Gasteiger partial charge in [-0.3, -0.25) is 4.79 Å². The zero-order valence-corrected chi connectivity index (χ0v) is 11.1. The number of benzene rings is 1. The fourth-order valence-corrected chi connectivity index (χ4v) is 1.85. The minimum atomic E-state index is -0.666. The average molecular weight is 258 g/mol. The van der Waals surface area contributed by atoms with Crippen LogP contribution in [0.1, 0.15) is 26.3 Å². The first-order valence-corrected chi connectivity index (χ1v) is 5.97. The molecule has 1 rings (SSSR count). The van der Waals surface area contributed by atoms with Gasteiger partial charge >= 0.3 is 0 Å². The Labute approximate surface area is 106 Å². The van der Waals surface area contributed by atoms with Gasteiger partial charge in [-0.1, -0.05) is 24.6 Å². The van der Waals surface area contributed by atoms with Crippen LogP contribution in [0.2, 0.25) is 5.02 Å². The third-order valence-corrected chi connectivity index (χ3v) is 3.07. The van der Waals surface area contributed by atoms with Crippen LogP contribution in [0, 0.1) is 5.82 Å². The van der Waals surface area contributed by atoms with Gasteiger partial charge in [0.15, 0.2) is 5.78 Å². The first kappa shape index (κ1) is 14.1. The lowest BCUT2D eigenvalue weighted by atomic mass is 9.93. The molecule has 1 N–H and O–H groups in total. The highest BCUT2D eigenvalue weighted by atomic mass is 35.5. The van der Waals surface area contributed by atoms with E-state index in [1.165, 1.54) is 12.1 Å². The van der Waals surface area contributed by atoms with Crippen molar-refractivity contribution in [3.05, 3.63) is 34.6 Å². The summed E-state index contributed by atoms with van der Waals surface area (Å²) in [5.41, 5.74) is -0.398. The quantitative estimate of drug-likeness (QED) is 0.879. The topological polar surface area (TPSA) is 29.1 Å². The van der Waals surface area contributed by atoms with Crippen LogP contribution < -0.4 is 5.32 Å². The molecule has 0 unspecified atom stereocenters. The smallest absolute Gasteiger partial charge is 0.156 e. The van der Waals surface area contributed by atoms with E-state index >= 15 is 0 Å². The minimum Gasteiger partial charge on any atom is -0.306 e. The second-order valence-corrected chi connectivity index (χ2v) is 4.86. The van der Waals surface area contributed by atoms with Crippen molar-refractivity contribution in [2.75, 3.05) is 6.54 Å². The van der Waals surface area contributed by atoms with E-state index in [1.54, 1.807) is 19.9 Å². The number of rotatable bonds is 5. The third kappa shape index (κ3) is 3.51. The fraction of sp³-hybridized carbons (Fsp3) is 0.462. The van der Waals surface area contributed by atoms with Crippen molar-refractivity contribution >= 4 is 17.4 Å². The summed E-state index contributed by atoms with van der Waals surface area (Å²) in [5.74, 6) is -0.510. The van der Waals surface area contributed by atoms with E-state index in [2.05, 4.69) is 5.32 Å². The SMILES string of the molecule is CCNC(C)(C)C(=O)Cc1c(F)cccc1Cl. The maximum absolute atomic E-state index is 13.5. The molecular weight excluding hydrogens is 241 g/mol. The van der Waals surface area contributed by atoms with E-state index < -0.39 is 11.4 Å². The van der Waals surface area contributed by atoms with E-state index in [9.17, 15) is 9.18 Å². The van der Waals surface area contributed by atoms with Crippen molar-refractivity contribution in [3.63, 3.8) is 0 Å². The van der Waals surface area contributed by atoms with Crippen molar-refractivity contribution < 1.29 is 9.18 Å². The molecule has 0 aliphatic heterocycles. The molecule has 0 aliphatic carbocycles. The maximum Gasteiger partial charge on any atom is 0.156 e. The molecule has 1 aromatic carbocycles. The van der Waals surface area contributed by atoms with E-state index in [-0.39, 0.29) is 17.8 Å². The Morgan fingerprint density at radius 2 is 2.12 bits per heavy atom. The number of ketones is 1. The zero-order chi connectivity index (χ0) is 13.1. The third-order valence-electron chi connectivity index (χ3n) is 2.71. The molecule has 0 saturated heterocycles. The number of carbonyl (C=O) groups excluding carboxylic acids is 1. The van der Waals surface area contributed by atoms with Crippen molar-refractivity contribution in [2.45, 2.75) is 32.7 Å². The number of halogens is 2. The van der Waals surface area contributed by atoms with Crippen molar-refractivity contribution in [3.8, 4) is 0 Å². The van der Waals surface area contributed by atoms with Gasteiger partial charge in [-0.25, -0.2) is 4.39 Å². The molecular formula is C13H17ClFNO. The molecule has 2 nitrogen and oxygen atoms in total. The molecule has 0 heterocycles. The summed E-state index contributed by atoms with van der Waals surface area (Å²) in [4.78, 5) is 12.0. The van der Waals surface area contributed by atoms with Gasteiger partial charge < -0.3 is 5.32 Å². The Kier molecular flexibility index (Phi) is 4.66. The van der Waals surface area contributed by atoms with Crippen LogP contribution in [-0.4, -0.2) is 17.9 Å². The molecule has 0 amide bonds. The normalized spacial score (nSPS) is 11.6. The van der Waals surface area contributed by atoms with Gasteiger partial charge in [-0.05, 0) is 32.5 Å². The standard InChI is InChI=1S/C13H17ClFNO/c1-4-16-13(2,3)12(17)8-9-10(14)6-5-7-11(9)15/h5-7,16H,4,8H2,1-3H3. The van der Waals surface area contributed by atoms with Gasteiger partial charge in [-0.2, -0.15) is 0 Å². The Morgan fingerprint density at radius 3 is 2.65 bits per heavy atom. The molecule has 0 aliphatic rings. The van der Waals surface area contributed by atoms with E-state index in [0.717, 1.165) is 0 Å². The van der Waals surface area contributed by atoms with Crippen LogP contribution >= 0.6 is 11.6 Å². The van der Waals surface area contributed by atoms with Gasteiger partial charge in [0.05, 0.1) is 5.54 Å². The molecule has 0 spiro atoms. The lowest BCUT2D eigenvalue weighted by molar-refractivity contribution is -0.123. The van der Waals surface area contributed by atoms with Crippen LogP contribution in [0.3, 0.4) is 0 Å². The summed E-state index contributed by atoms with van der Waals surface area (Å²) >= 11 is 5.89. The molecule has 0 fully saturated rings. The first-order chi connectivity index (χ1) is 7.88. The molecule has 0 bridgehead atoms. The number of Topliss-reactive ketones (excluding diaryl/α,β-unsaturated/α-hetero) is 1. The average Bonchev–Trinajstić information content (AvgIpc) is 2.23. The molecule has 17 heavy (non-hydrogen) atoms. The minimum absolute atomic E-state index is 0.00546. The highest BCUT2D eigenvalue weighted by Crippen LogP contribution is 2.21. The molecule has 0 radical (unpaired) electrons. The Balaban J connectivity index is 2.88. The van der Waals surface area contributed by atoms with Crippen molar-refractivity contribution in [1.29, 1.82) is 0 Å². The molecule has 1 aromatic rings. The van der Waals surface area contributed by atoms with Gasteiger partial charge in [-0.15, -0.1) is 0 Å². The lowest BCUT2D eigenvalue weighted by Gasteiger charge is -2.24. The summed E-state index contributed by atoms with van der Waals surface area (Å²) in [5, 5.41) is 3.36. The summed E-state index contributed by atoms with van der Waals surface area (Å²) in [6.45, 7) is 6.18. The highest BCUT2D eigenvalue weighted by Gasteiger charge is 2.27. The number of hydrogen-bond acceptors (Lipinski definition) is 2. The Hall–Kier alpha value is -0.930. The number of hydrogen-bond donors (Lipinski definition) is 1. The van der Waals surface area contributed by atoms with E-state index in [0.29, 0.717) is 11.6 Å². The largest absolute Gasteiger partial charge is 0.306 e. The predicted molar refractivity (Wildman–Crippen MR) is 67.9 cm³/mol. The van der Waals surface area contributed by atoms with Gasteiger partial charge in [0, 0.05) is 17.0 Å². The fourth-order valence-electron chi connectivity index (χ4n) is 1.62. The van der Waals surface area contributed by atoms with Crippen molar-refractivity contribution in [1.82, 2.24) is 5.32 Å². The molecule has 0 saturated carbocycles. The van der Waals surface area contributed by atoms with Crippen LogP contribution in [0.15, 0.2) is 18.2 Å². The summed E-state index contributed by atoms with van der Waals surface area (Å²) in [7, 11) is 0. The highest BCUT2D eigenvalue weighted by molar-refractivity contribution is 6.31. The Bertz CT molecular complexity index is 398. The second kappa shape index (κ2) is 5.61. The van der Waals surface area contributed by atoms with Gasteiger partial charge in [0.2, 0.25) is 0 Å². The molecule has 4 heteroatoms. The predicted octanol–water partition coefficient (Wildman–Crippen LogP) is 2.98. The van der Waals surface area contributed by atoms with Crippen LogP contribution in [0.5, 0.6) is 0 Å². The summed E-state index contributed by atoms with van der Waals surface area (Å²) in [6, 6.07) is 4.43. The monoisotopic (exact) mass is 257 g/mol. The second-order valence-electron chi connectivity index (χ2n) is 4.46. The number of likely N-dealkylation sites (N-methyl/N-ethyl adjacent to an activating group) is 1. The number of nitrogens with one attached hydrogen (secondary N) is 1. The summed E-state index contributed by atoms with van der Waals surface area (Å²) in [6.07, 6.45) is 0.00546. The van der Waals surface area contributed by atoms with Gasteiger partial charge in [0.25, 0.3) is 0 Å². The molecule has 0 aromatic heterocycles. The zero-order valence-electron chi connectivity index (χ0n) is 10.3. The van der Waals surface area contributed by atoms with Crippen LogP contribution in [0.4, 0.5) is 4.39 Å². The van der Waals surface area contributed by atoms with Crippen molar-refractivity contribution in [2.24, 2.45) is 0 Å². The summed E-state index contributed by atoms with van der Waals surface area (Å²) < 4.78 is 13.5. The first-order valence-electron chi connectivity index (χ1n) is 5.59. The Morgan fingerprint density at radius 1 is 1.47 bits per heavy atom.